The topological polar surface area (TPSA) is 81.1 Å². The summed E-state index contributed by atoms with van der Waals surface area (Å²) in [5, 5.41) is 3.32. The maximum absolute atomic E-state index is 13.8. The largest absolute Gasteiger partial charge is 0.398 e. The summed E-state index contributed by atoms with van der Waals surface area (Å²) in [6.07, 6.45) is 0. The number of carbonyl (C=O) groups is 1. The van der Waals surface area contributed by atoms with Crippen molar-refractivity contribution < 1.29 is 9.18 Å². The smallest absolute Gasteiger partial charge is 0.250 e. The highest BCUT2D eigenvalue weighted by atomic mass is 35.5. The molecular weight excluding hydrogens is 269 g/mol. The molecule has 0 saturated carbocycles. The zero-order valence-corrected chi connectivity index (χ0v) is 10.5. The standard InChI is InChI=1S/C13H11ClFN3O/c14-7-2-1-3-8(4-7)18-12-5-9(13(17)19)11(16)6-10(12)15/h1-6,18H,16H2,(H2,17,19). The lowest BCUT2D eigenvalue weighted by Crippen LogP contribution is -2.14. The van der Waals surface area contributed by atoms with Crippen LogP contribution in [-0.2, 0) is 0 Å². The SMILES string of the molecule is NC(=O)c1cc(Nc2cccc(Cl)c2)c(F)cc1N. The predicted molar refractivity (Wildman–Crippen MR) is 74.1 cm³/mol. The van der Waals surface area contributed by atoms with E-state index in [2.05, 4.69) is 5.32 Å². The summed E-state index contributed by atoms with van der Waals surface area (Å²) in [4.78, 5) is 11.2. The monoisotopic (exact) mass is 279 g/mol. The van der Waals surface area contributed by atoms with Gasteiger partial charge in [0.1, 0.15) is 5.82 Å². The fraction of sp³-hybridized carbons (Fsp3) is 0. The number of nitrogens with one attached hydrogen (secondary N) is 1. The summed E-state index contributed by atoms with van der Waals surface area (Å²) in [5.41, 5.74) is 11.4. The van der Waals surface area contributed by atoms with E-state index in [1.165, 1.54) is 6.07 Å². The lowest BCUT2D eigenvalue weighted by atomic mass is 10.1. The fourth-order valence-electron chi connectivity index (χ4n) is 1.62. The van der Waals surface area contributed by atoms with E-state index in [4.69, 9.17) is 23.1 Å². The van der Waals surface area contributed by atoms with Crippen molar-refractivity contribution >= 4 is 34.6 Å². The normalized spacial score (nSPS) is 10.2. The minimum absolute atomic E-state index is 0.00152. The molecule has 0 aromatic heterocycles. The number of nitrogen functional groups attached to an aromatic ring is 1. The first-order valence-corrected chi connectivity index (χ1v) is 5.76. The molecule has 0 heterocycles. The van der Waals surface area contributed by atoms with Crippen molar-refractivity contribution in [3.63, 3.8) is 0 Å². The highest BCUT2D eigenvalue weighted by molar-refractivity contribution is 6.30. The highest BCUT2D eigenvalue weighted by Crippen LogP contribution is 2.26. The molecule has 4 nitrogen and oxygen atoms in total. The van der Waals surface area contributed by atoms with Gasteiger partial charge < -0.3 is 16.8 Å². The maximum atomic E-state index is 13.8. The van der Waals surface area contributed by atoms with E-state index in [9.17, 15) is 9.18 Å². The first-order valence-electron chi connectivity index (χ1n) is 5.39. The summed E-state index contributed by atoms with van der Waals surface area (Å²) >= 11 is 5.83. The second-order valence-electron chi connectivity index (χ2n) is 3.92. The maximum Gasteiger partial charge on any atom is 0.250 e. The minimum atomic E-state index is -0.716. The first kappa shape index (κ1) is 13.2. The van der Waals surface area contributed by atoms with Gasteiger partial charge in [-0.1, -0.05) is 17.7 Å². The van der Waals surface area contributed by atoms with Crippen LogP contribution >= 0.6 is 11.6 Å². The quantitative estimate of drug-likeness (QED) is 0.756. The zero-order valence-electron chi connectivity index (χ0n) is 9.78. The molecule has 0 atom stereocenters. The van der Waals surface area contributed by atoms with E-state index in [-0.39, 0.29) is 16.9 Å². The molecule has 19 heavy (non-hydrogen) atoms. The molecule has 98 valence electrons. The molecule has 0 spiro atoms. The minimum Gasteiger partial charge on any atom is -0.398 e. The van der Waals surface area contributed by atoms with Gasteiger partial charge in [-0.05, 0) is 30.3 Å². The van der Waals surface area contributed by atoms with Crippen molar-refractivity contribution in [1.82, 2.24) is 0 Å². The van der Waals surface area contributed by atoms with E-state index in [0.717, 1.165) is 6.07 Å². The van der Waals surface area contributed by atoms with Gasteiger partial charge in [0.15, 0.2) is 0 Å². The van der Waals surface area contributed by atoms with E-state index in [1.54, 1.807) is 24.3 Å². The second-order valence-corrected chi connectivity index (χ2v) is 4.36. The van der Waals surface area contributed by atoms with Gasteiger partial charge >= 0.3 is 0 Å². The van der Waals surface area contributed by atoms with Gasteiger partial charge in [0, 0.05) is 16.4 Å². The number of primary amides is 1. The predicted octanol–water partition coefficient (Wildman–Crippen LogP) is 2.90. The van der Waals surface area contributed by atoms with Crippen LogP contribution in [0.25, 0.3) is 0 Å². The Morgan fingerprint density at radius 3 is 2.63 bits per heavy atom. The summed E-state index contributed by atoms with van der Waals surface area (Å²) in [5.74, 6) is -1.30. The van der Waals surface area contributed by atoms with Gasteiger partial charge in [0.05, 0.1) is 11.3 Å². The van der Waals surface area contributed by atoms with Crippen LogP contribution in [0.4, 0.5) is 21.5 Å². The average Bonchev–Trinajstić information content (AvgIpc) is 2.32. The summed E-state index contributed by atoms with van der Waals surface area (Å²) in [6, 6.07) is 9.07. The fourth-order valence-corrected chi connectivity index (χ4v) is 1.81. The van der Waals surface area contributed by atoms with Crippen molar-refractivity contribution in [3.8, 4) is 0 Å². The number of anilines is 3. The van der Waals surface area contributed by atoms with Gasteiger partial charge in [-0.3, -0.25) is 4.79 Å². The van der Waals surface area contributed by atoms with E-state index in [1.807, 2.05) is 0 Å². The molecule has 0 saturated heterocycles. The lowest BCUT2D eigenvalue weighted by molar-refractivity contribution is 0.100. The number of carbonyl (C=O) groups excluding carboxylic acids is 1. The summed E-state index contributed by atoms with van der Waals surface area (Å²) in [7, 11) is 0. The lowest BCUT2D eigenvalue weighted by Gasteiger charge is -2.10. The van der Waals surface area contributed by atoms with Crippen LogP contribution < -0.4 is 16.8 Å². The van der Waals surface area contributed by atoms with Crippen LogP contribution in [-0.4, -0.2) is 5.91 Å². The molecule has 0 aliphatic rings. The first-order chi connectivity index (χ1) is 8.97. The molecule has 2 rings (SSSR count). The van der Waals surface area contributed by atoms with Crippen molar-refractivity contribution in [2.75, 3.05) is 11.1 Å². The van der Waals surface area contributed by atoms with Gasteiger partial charge in [-0.15, -0.1) is 0 Å². The van der Waals surface area contributed by atoms with Crippen LogP contribution in [0.5, 0.6) is 0 Å². The molecule has 0 aliphatic heterocycles. The molecule has 0 fully saturated rings. The molecule has 0 radical (unpaired) electrons. The van der Waals surface area contributed by atoms with E-state index < -0.39 is 11.7 Å². The number of hydrogen-bond donors (Lipinski definition) is 3. The average molecular weight is 280 g/mol. The van der Waals surface area contributed by atoms with Gasteiger partial charge in [0.25, 0.3) is 5.91 Å². The van der Waals surface area contributed by atoms with Crippen LogP contribution in [0.3, 0.4) is 0 Å². The van der Waals surface area contributed by atoms with Crippen LogP contribution in [0.2, 0.25) is 5.02 Å². The van der Waals surface area contributed by atoms with E-state index in [0.29, 0.717) is 10.7 Å². The molecule has 2 aromatic rings. The third-order valence-electron chi connectivity index (χ3n) is 2.51. The third-order valence-corrected chi connectivity index (χ3v) is 2.74. The molecule has 0 unspecified atom stereocenters. The third kappa shape index (κ3) is 2.95. The van der Waals surface area contributed by atoms with Gasteiger partial charge in [-0.2, -0.15) is 0 Å². The van der Waals surface area contributed by atoms with Crippen molar-refractivity contribution in [2.24, 2.45) is 5.73 Å². The number of benzene rings is 2. The Balaban J connectivity index is 2.40. The Bertz CT molecular complexity index is 646. The van der Waals surface area contributed by atoms with E-state index >= 15 is 0 Å². The molecule has 6 heteroatoms. The number of amides is 1. The molecule has 1 amide bonds. The zero-order chi connectivity index (χ0) is 14.0. The molecule has 0 aliphatic carbocycles. The van der Waals surface area contributed by atoms with Crippen LogP contribution in [0.1, 0.15) is 10.4 Å². The summed E-state index contributed by atoms with van der Waals surface area (Å²) < 4.78 is 13.8. The second kappa shape index (κ2) is 5.16. The number of hydrogen-bond acceptors (Lipinski definition) is 3. The molecule has 0 bridgehead atoms. The molecule has 2 aromatic carbocycles. The number of rotatable bonds is 3. The highest BCUT2D eigenvalue weighted by Gasteiger charge is 2.12. The Labute approximate surface area is 114 Å². The Morgan fingerprint density at radius 2 is 2.00 bits per heavy atom. The Morgan fingerprint density at radius 1 is 1.26 bits per heavy atom. The summed E-state index contributed by atoms with van der Waals surface area (Å²) in [6.45, 7) is 0. The van der Waals surface area contributed by atoms with Crippen molar-refractivity contribution in [2.45, 2.75) is 0 Å². The van der Waals surface area contributed by atoms with Gasteiger partial charge in [-0.25, -0.2) is 4.39 Å². The van der Waals surface area contributed by atoms with Crippen LogP contribution in [0.15, 0.2) is 36.4 Å². The molecule has 5 N–H and O–H groups in total. The van der Waals surface area contributed by atoms with Crippen molar-refractivity contribution in [3.05, 3.63) is 52.8 Å². The Kier molecular flexibility index (Phi) is 3.57. The number of halogens is 2. The Hall–Kier alpha value is -2.27. The number of nitrogens with two attached hydrogens (primary N) is 2. The van der Waals surface area contributed by atoms with Crippen LogP contribution in [0, 0.1) is 5.82 Å². The van der Waals surface area contributed by atoms with Crippen molar-refractivity contribution in [1.29, 1.82) is 0 Å². The molecular formula is C13H11ClFN3O. The van der Waals surface area contributed by atoms with Gasteiger partial charge in [0.2, 0.25) is 0 Å².